The van der Waals surface area contributed by atoms with E-state index in [1.54, 1.807) is 12.1 Å². The van der Waals surface area contributed by atoms with Crippen LogP contribution in [0, 0.1) is 13.8 Å². The van der Waals surface area contributed by atoms with Gasteiger partial charge in [0.15, 0.2) is 5.78 Å². The summed E-state index contributed by atoms with van der Waals surface area (Å²) in [6.45, 7) is 4.13. The molecule has 0 aliphatic heterocycles. The van der Waals surface area contributed by atoms with Crippen LogP contribution in [-0.4, -0.2) is 27.9 Å². The number of ketones is 1. The molecule has 0 saturated carbocycles. The van der Waals surface area contributed by atoms with Gasteiger partial charge in [-0.25, -0.2) is 27.1 Å². The Bertz CT molecular complexity index is 2460. The molecule has 6 aromatic rings. The van der Waals surface area contributed by atoms with Gasteiger partial charge in [-0.15, -0.1) is 0 Å². The lowest BCUT2D eigenvalue weighted by molar-refractivity contribution is 0.103. The Morgan fingerprint density at radius 1 is 0.472 bits per heavy atom. The summed E-state index contributed by atoms with van der Waals surface area (Å²) in [5.74, 6) is -0.304. The first kappa shape index (κ1) is 41.1. The van der Waals surface area contributed by atoms with Crippen molar-refractivity contribution in [3.63, 3.8) is 0 Å². The number of hydrogen-bond donors (Lipinski definition) is 2. The lowest BCUT2D eigenvalue weighted by Gasteiger charge is -2.07. The standard InChI is InChI=1S/C20H16ClNO3S.C13H12.C7H5Cl2NO3S/c1-13-2-4-14(5-3-13)15-6-8-16(9-7-15)20(23)17-10-11-18(21)19(12-17)26(22,24)25;1-11-7-9-13(10-8-11)12-5-3-2-4-6-12;8-5-2-1-4(7(9)11)3-6(5)14(10,12)13/h2-12H,1H3,(H2,22,24,25);2-10H,1H3;1-3H,(H2,10,12,13). The predicted molar refractivity (Wildman–Crippen MR) is 212 cm³/mol. The summed E-state index contributed by atoms with van der Waals surface area (Å²) in [6, 6.07) is 41.9. The fourth-order valence-electron chi connectivity index (χ4n) is 4.81. The molecule has 6 aromatic carbocycles. The molecule has 53 heavy (non-hydrogen) atoms. The minimum Gasteiger partial charge on any atom is -0.289 e. The van der Waals surface area contributed by atoms with E-state index in [1.807, 2.05) is 49.4 Å². The molecule has 0 bridgehead atoms. The smallest absolute Gasteiger partial charge is 0.252 e. The van der Waals surface area contributed by atoms with Gasteiger partial charge in [0.25, 0.3) is 5.24 Å². The molecule has 0 spiro atoms. The van der Waals surface area contributed by atoms with Crippen LogP contribution in [0.25, 0.3) is 22.3 Å². The third-order valence-corrected chi connectivity index (χ3v) is 10.7. The number of halogens is 3. The molecular weight excluding hydrogens is 775 g/mol. The third kappa shape index (κ3) is 11.7. The molecule has 0 heterocycles. The molecule has 8 nitrogen and oxygen atoms in total. The second kappa shape index (κ2) is 17.9. The van der Waals surface area contributed by atoms with Gasteiger partial charge in [-0.1, -0.05) is 137 Å². The van der Waals surface area contributed by atoms with Crippen LogP contribution in [0.2, 0.25) is 10.0 Å². The Labute approximate surface area is 324 Å². The van der Waals surface area contributed by atoms with Gasteiger partial charge in [0.05, 0.1) is 10.0 Å². The van der Waals surface area contributed by atoms with Crippen LogP contribution < -0.4 is 10.3 Å². The first-order chi connectivity index (χ1) is 24.9. The largest absolute Gasteiger partial charge is 0.289 e. The van der Waals surface area contributed by atoms with Gasteiger partial charge in [0, 0.05) is 16.7 Å². The van der Waals surface area contributed by atoms with Crippen molar-refractivity contribution in [2.24, 2.45) is 10.3 Å². The lowest BCUT2D eigenvalue weighted by Crippen LogP contribution is -2.14. The number of carbonyl (C=O) groups is 2. The van der Waals surface area contributed by atoms with Gasteiger partial charge in [0.2, 0.25) is 20.0 Å². The maximum absolute atomic E-state index is 12.7. The fraction of sp³-hybridized carbons (Fsp3) is 0.0500. The van der Waals surface area contributed by atoms with Crippen LogP contribution in [0.4, 0.5) is 0 Å². The summed E-state index contributed by atoms with van der Waals surface area (Å²) in [4.78, 5) is 22.8. The van der Waals surface area contributed by atoms with Crippen molar-refractivity contribution >= 4 is 65.9 Å². The summed E-state index contributed by atoms with van der Waals surface area (Å²) in [5, 5.41) is 9.16. The van der Waals surface area contributed by atoms with E-state index in [0.29, 0.717) is 5.56 Å². The Morgan fingerprint density at radius 2 is 0.811 bits per heavy atom. The first-order valence-corrected chi connectivity index (χ1v) is 19.8. The van der Waals surface area contributed by atoms with E-state index in [0.717, 1.165) is 17.2 Å². The number of carbonyl (C=O) groups excluding carboxylic acids is 2. The molecule has 0 amide bonds. The monoisotopic (exact) mass is 806 g/mol. The minimum atomic E-state index is -4.00. The molecule has 0 aromatic heterocycles. The lowest BCUT2D eigenvalue weighted by atomic mass is 9.99. The second-order valence-electron chi connectivity index (χ2n) is 11.7. The molecule has 0 fully saturated rings. The van der Waals surface area contributed by atoms with Gasteiger partial charge in [-0.2, -0.15) is 0 Å². The molecule has 0 aliphatic rings. The summed E-state index contributed by atoms with van der Waals surface area (Å²) < 4.78 is 45.1. The zero-order valence-electron chi connectivity index (χ0n) is 28.3. The molecule has 0 saturated heterocycles. The average Bonchev–Trinajstić information content (AvgIpc) is 3.12. The van der Waals surface area contributed by atoms with E-state index < -0.39 is 25.3 Å². The van der Waals surface area contributed by atoms with Crippen molar-refractivity contribution in [2.45, 2.75) is 23.6 Å². The van der Waals surface area contributed by atoms with E-state index >= 15 is 0 Å². The van der Waals surface area contributed by atoms with E-state index in [2.05, 4.69) is 55.5 Å². The Hall–Kier alpha value is -4.65. The van der Waals surface area contributed by atoms with Gasteiger partial charge >= 0.3 is 0 Å². The van der Waals surface area contributed by atoms with Crippen LogP contribution in [0.5, 0.6) is 0 Å². The summed E-state index contributed by atoms with van der Waals surface area (Å²) in [5.41, 5.74) is 7.77. The molecule has 0 atom stereocenters. The van der Waals surface area contributed by atoms with Crippen LogP contribution in [0.1, 0.15) is 37.4 Å². The molecule has 272 valence electrons. The van der Waals surface area contributed by atoms with Crippen LogP contribution >= 0.6 is 34.8 Å². The van der Waals surface area contributed by atoms with Crippen molar-refractivity contribution in [3.05, 3.63) is 177 Å². The van der Waals surface area contributed by atoms with Crippen LogP contribution in [0.3, 0.4) is 0 Å². The normalized spacial score (nSPS) is 11.0. The van der Waals surface area contributed by atoms with E-state index in [-0.39, 0.29) is 36.7 Å². The Morgan fingerprint density at radius 3 is 1.21 bits per heavy atom. The topological polar surface area (TPSA) is 154 Å². The number of aryl methyl sites for hydroxylation is 2. The number of primary sulfonamides is 2. The van der Waals surface area contributed by atoms with Crippen molar-refractivity contribution in [2.75, 3.05) is 0 Å². The van der Waals surface area contributed by atoms with Crippen molar-refractivity contribution in [1.82, 2.24) is 0 Å². The summed E-state index contributed by atoms with van der Waals surface area (Å²) in [7, 11) is -7.93. The molecule has 0 unspecified atom stereocenters. The predicted octanol–water partition coefficient (Wildman–Crippen LogP) is 9.22. The average molecular weight is 808 g/mol. The first-order valence-electron chi connectivity index (χ1n) is 15.6. The molecule has 0 aliphatic carbocycles. The molecule has 13 heteroatoms. The van der Waals surface area contributed by atoms with E-state index in [4.69, 9.17) is 45.1 Å². The van der Waals surface area contributed by atoms with Crippen LogP contribution in [-0.2, 0) is 20.0 Å². The zero-order chi connectivity index (χ0) is 38.9. The summed E-state index contributed by atoms with van der Waals surface area (Å²) >= 11 is 16.6. The van der Waals surface area contributed by atoms with Gasteiger partial charge in [0.1, 0.15) is 9.79 Å². The number of sulfonamides is 2. The quantitative estimate of drug-likeness (QED) is 0.121. The molecule has 4 N–H and O–H groups in total. The third-order valence-electron chi connectivity index (χ3n) is 7.66. The highest BCUT2D eigenvalue weighted by Gasteiger charge is 2.18. The molecule has 0 radical (unpaired) electrons. The molecule has 6 rings (SSSR count). The molecular formula is C40H33Cl3N2O6S2. The number of hydrogen-bond acceptors (Lipinski definition) is 6. The van der Waals surface area contributed by atoms with Gasteiger partial charge in [-0.3, -0.25) is 9.59 Å². The Kier molecular flexibility index (Phi) is 13.9. The highest BCUT2D eigenvalue weighted by atomic mass is 35.5. The van der Waals surface area contributed by atoms with E-state index in [1.165, 1.54) is 52.6 Å². The maximum Gasteiger partial charge on any atom is 0.252 e. The summed E-state index contributed by atoms with van der Waals surface area (Å²) in [6.07, 6.45) is 0. The second-order valence-corrected chi connectivity index (χ2v) is 15.9. The van der Waals surface area contributed by atoms with Crippen molar-refractivity contribution < 1.29 is 26.4 Å². The fourth-order valence-corrected chi connectivity index (χ4v) is 7.07. The zero-order valence-corrected chi connectivity index (χ0v) is 32.2. The van der Waals surface area contributed by atoms with Gasteiger partial charge in [-0.05, 0) is 84.1 Å². The van der Waals surface area contributed by atoms with E-state index in [9.17, 15) is 26.4 Å². The minimum absolute atomic E-state index is 0.0150. The number of nitrogens with two attached hydrogens (primary N) is 2. The van der Waals surface area contributed by atoms with Crippen molar-refractivity contribution in [1.29, 1.82) is 0 Å². The maximum atomic E-state index is 12.7. The van der Waals surface area contributed by atoms with Crippen molar-refractivity contribution in [3.8, 4) is 22.3 Å². The highest BCUT2D eigenvalue weighted by Crippen LogP contribution is 2.26. The number of rotatable bonds is 7. The number of benzene rings is 6. The Balaban J connectivity index is 0.000000196. The van der Waals surface area contributed by atoms with Gasteiger partial charge < -0.3 is 0 Å². The highest BCUT2D eigenvalue weighted by molar-refractivity contribution is 7.89. The van der Waals surface area contributed by atoms with Crippen LogP contribution in [0.15, 0.2) is 149 Å². The SMILES string of the molecule is Cc1ccc(-c2ccc(C(=O)c3ccc(Cl)c(S(N)(=O)=O)c3)cc2)cc1.Cc1ccc(-c2ccccc2)cc1.NS(=O)(=O)c1cc(C(=O)Cl)ccc1Cl.